The average Bonchev–Trinajstić information content (AvgIpc) is 3.28. The Kier molecular flexibility index (Phi) is 10.9. The fourth-order valence-corrected chi connectivity index (χ4v) is 4.55. The van der Waals surface area contributed by atoms with Crippen LogP contribution in [0.5, 0.6) is 5.75 Å². The predicted molar refractivity (Wildman–Crippen MR) is 140 cm³/mol. The van der Waals surface area contributed by atoms with E-state index in [1.165, 1.54) is 38.8 Å². The van der Waals surface area contributed by atoms with Crippen LogP contribution in [0, 0.1) is 5.92 Å². The number of hydrogen-bond donors (Lipinski definition) is 4. The number of aliphatic hydroxyl groups excluding tert-OH is 1. The van der Waals surface area contributed by atoms with Crippen LogP contribution in [0.4, 0.5) is 5.69 Å². The second-order valence-electron chi connectivity index (χ2n) is 9.23. The lowest BCUT2D eigenvalue weighted by Gasteiger charge is -2.22. The van der Waals surface area contributed by atoms with E-state index in [9.17, 15) is 9.59 Å². The highest BCUT2D eigenvalue weighted by Gasteiger charge is 2.29. The number of nitrogens with one attached hydrogen (secondary N) is 1. The molecule has 0 aliphatic carbocycles. The Hall–Kier alpha value is -3.23. The molecule has 1 amide bonds. The van der Waals surface area contributed by atoms with Crippen LogP contribution < -0.4 is 15.8 Å². The molecule has 0 spiro atoms. The zero-order chi connectivity index (χ0) is 25.8. The molecule has 2 aliphatic rings. The summed E-state index contributed by atoms with van der Waals surface area (Å²) in [5.41, 5.74) is 8.04. The molecule has 2 aromatic carbocycles. The number of unbranched alkanes of at least 4 members (excludes halogenated alkanes) is 1. The number of carbonyl (C=O) groups excluding carboxylic acids is 1. The summed E-state index contributed by atoms with van der Waals surface area (Å²) >= 11 is 0. The molecule has 4 rings (SSSR count). The maximum absolute atomic E-state index is 11.0. The van der Waals surface area contributed by atoms with E-state index >= 15 is 0 Å². The molecular weight excluding hydrogens is 458 g/mol. The van der Waals surface area contributed by atoms with Gasteiger partial charge >= 0.3 is 5.97 Å². The molecule has 194 valence electrons. The van der Waals surface area contributed by atoms with Crippen molar-refractivity contribution in [3.63, 3.8) is 0 Å². The number of fused-ring (bicyclic) bond motifs is 1. The molecule has 2 aliphatic heterocycles. The highest BCUT2D eigenvalue weighted by molar-refractivity contribution is 6.42. The lowest BCUT2D eigenvalue weighted by Crippen LogP contribution is -2.28. The molecule has 5 N–H and O–H groups in total. The molecule has 8 heteroatoms. The van der Waals surface area contributed by atoms with Crippen LogP contribution in [0.1, 0.15) is 55.6 Å². The van der Waals surface area contributed by atoms with E-state index in [2.05, 4.69) is 10.3 Å². The number of nitrogens with zero attached hydrogens (tertiary/aromatic N) is 1. The third kappa shape index (κ3) is 8.46. The number of ether oxygens (including phenoxy) is 1. The molecule has 1 saturated heterocycles. The van der Waals surface area contributed by atoms with Crippen LogP contribution in [0.15, 0.2) is 53.5 Å². The average molecular weight is 496 g/mol. The summed E-state index contributed by atoms with van der Waals surface area (Å²) in [4.78, 5) is 25.6. The van der Waals surface area contributed by atoms with Gasteiger partial charge in [0.05, 0.1) is 24.8 Å². The summed E-state index contributed by atoms with van der Waals surface area (Å²) in [6.45, 7) is 2.98. The maximum atomic E-state index is 11.0. The molecule has 1 atom stereocenters. The summed E-state index contributed by atoms with van der Waals surface area (Å²) in [5, 5.41) is 21.2. The van der Waals surface area contributed by atoms with Crippen molar-refractivity contribution in [2.75, 3.05) is 26.3 Å². The highest BCUT2D eigenvalue weighted by atomic mass is 16.5. The topological polar surface area (TPSA) is 134 Å². The molecule has 0 radical (unpaired) electrons. The zero-order valence-electron chi connectivity index (χ0n) is 20.7. The first-order valence-electron chi connectivity index (χ1n) is 12.7. The summed E-state index contributed by atoms with van der Waals surface area (Å²) in [6.07, 6.45) is 7.05. The van der Waals surface area contributed by atoms with Gasteiger partial charge in [0, 0.05) is 6.42 Å². The fourth-order valence-electron chi connectivity index (χ4n) is 4.55. The van der Waals surface area contributed by atoms with Crippen molar-refractivity contribution in [2.45, 2.75) is 50.9 Å². The van der Waals surface area contributed by atoms with Gasteiger partial charge in [0.1, 0.15) is 11.5 Å². The van der Waals surface area contributed by atoms with E-state index in [1.807, 2.05) is 42.5 Å². The zero-order valence-corrected chi connectivity index (χ0v) is 20.7. The standard InChI is InChI=1S/C18H27NO3.C10H10N2O2/c20-18(21)9-6-16-4-7-17(8-5-16)22-14-2-1-3-15-10-12-19-13-11-15;11-10(14)9-7(5-13)6-3-1-2-4-8(6)12-9/h4-5,7-8,15,19H,1-3,6,9-14H2,(H,20,21);1-4,7,13H,5H2,(H2,11,14). The molecule has 1 fully saturated rings. The SMILES string of the molecule is NC(=O)C1=Nc2ccccc2C1CO.O=C(O)CCc1ccc(OCCCCC2CCNCC2)cc1. The molecule has 36 heavy (non-hydrogen) atoms. The first kappa shape index (κ1) is 27.4. The van der Waals surface area contributed by atoms with Crippen LogP contribution in [0.25, 0.3) is 0 Å². The molecule has 1 unspecified atom stereocenters. The number of amides is 1. The van der Waals surface area contributed by atoms with Gasteiger partial charge < -0.3 is 26.0 Å². The van der Waals surface area contributed by atoms with Crippen LogP contribution in [0.3, 0.4) is 0 Å². The second kappa shape index (κ2) is 14.4. The largest absolute Gasteiger partial charge is 0.494 e. The Morgan fingerprint density at radius 2 is 1.78 bits per heavy atom. The number of hydrogen-bond acceptors (Lipinski definition) is 6. The minimum Gasteiger partial charge on any atom is -0.494 e. The number of carboxylic acids is 1. The smallest absolute Gasteiger partial charge is 0.303 e. The van der Waals surface area contributed by atoms with Gasteiger partial charge in [0.15, 0.2) is 0 Å². The van der Waals surface area contributed by atoms with Crippen LogP contribution in [-0.2, 0) is 16.0 Å². The number of carboxylic acid groups (broad SMARTS) is 1. The number of piperidine rings is 1. The maximum Gasteiger partial charge on any atom is 0.303 e. The number of para-hydroxylation sites is 1. The van der Waals surface area contributed by atoms with Crippen molar-refractivity contribution in [3.05, 3.63) is 59.7 Å². The van der Waals surface area contributed by atoms with Gasteiger partial charge in [-0.05, 0) is 80.4 Å². The predicted octanol–water partition coefficient (Wildman–Crippen LogP) is 3.59. The Morgan fingerprint density at radius 1 is 1.06 bits per heavy atom. The fraction of sp³-hybridized carbons (Fsp3) is 0.464. The summed E-state index contributed by atoms with van der Waals surface area (Å²) in [7, 11) is 0. The lowest BCUT2D eigenvalue weighted by molar-refractivity contribution is -0.137. The quantitative estimate of drug-likeness (QED) is 0.352. The number of aryl methyl sites for hydroxylation is 1. The molecule has 2 aromatic rings. The summed E-state index contributed by atoms with van der Waals surface area (Å²) in [6, 6.07) is 15.1. The second-order valence-corrected chi connectivity index (χ2v) is 9.23. The van der Waals surface area contributed by atoms with Crippen molar-refractivity contribution in [1.29, 1.82) is 0 Å². The normalized spacial score (nSPS) is 16.9. The van der Waals surface area contributed by atoms with Crippen LogP contribution in [-0.4, -0.2) is 54.1 Å². The van der Waals surface area contributed by atoms with E-state index in [-0.39, 0.29) is 24.7 Å². The molecule has 0 bridgehead atoms. The van der Waals surface area contributed by atoms with Gasteiger partial charge in [0.25, 0.3) is 5.91 Å². The van der Waals surface area contributed by atoms with Gasteiger partial charge in [0.2, 0.25) is 0 Å². The van der Waals surface area contributed by atoms with Crippen molar-refractivity contribution in [2.24, 2.45) is 16.6 Å². The number of primary amides is 1. The van der Waals surface area contributed by atoms with Crippen molar-refractivity contribution in [1.82, 2.24) is 5.32 Å². The van der Waals surface area contributed by atoms with Crippen LogP contribution >= 0.6 is 0 Å². The van der Waals surface area contributed by atoms with E-state index < -0.39 is 11.9 Å². The minimum absolute atomic E-state index is 0.140. The van der Waals surface area contributed by atoms with Crippen molar-refractivity contribution >= 4 is 23.3 Å². The van der Waals surface area contributed by atoms with Gasteiger partial charge in [-0.15, -0.1) is 0 Å². The molecule has 0 saturated carbocycles. The number of benzene rings is 2. The van der Waals surface area contributed by atoms with Gasteiger partial charge in [-0.2, -0.15) is 0 Å². The number of nitrogens with two attached hydrogens (primary N) is 1. The minimum atomic E-state index is -0.755. The molecular formula is C28H37N3O5. The Bertz CT molecular complexity index is 1020. The van der Waals surface area contributed by atoms with E-state index in [0.29, 0.717) is 6.42 Å². The first-order chi connectivity index (χ1) is 17.5. The monoisotopic (exact) mass is 495 g/mol. The van der Waals surface area contributed by atoms with Crippen molar-refractivity contribution in [3.8, 4) is 5.75 Å². The van der Waals surface area contributed by atoms with E-state index in [0.717, 1.165) is 41.5 Å². The third-order valence-electron chi connectivity index (χ3n) is 6.60. The molecule has 8 nitrogen and oxygen atoms in total. The van der Waals surface area contributed by atoms with Crippen LogP contribution in [0.2, 0.25) is 0 Å². The summed E-state index contributed by atoms with van der Waals surface area (Å²) < 4.78 is 5.75. The van der Waals surface area contributed by atoms with Crippen molar-refractivity contribution < 1.29 is 24.5 Å². The van der Waals surface area contributed by atoms with E-state index in [1.54, 1.807) is 6.07 Å². The van der Waals surface area contributed by atoms with Gasteiger partial charge in [-0.25, -0.2) is 4.99 Å². The first-order valence-corrected chi connectivity index (χ1v) is 12.7. The van der Waals surface area contributed by atoms with E-state index in [4.69, 9.17) is 20.7 Å². The third-order valence-corrected chi connectivity index (χ3v) is 6.60. The highest BCUT2D eigenvalue weighted by Crippen LogP contribution is 2.34. The van der Waals surface area contributed by atoms with Gasteiger partial charge in [-0.3, -0.25) is 9.59 Å². The number of aliphatic carboxylic acids is 1. The number of rotatable bonds is 11. The Labute approximate surface area is 212 Å². The number of aliphatic imine (C=N–C) groups is 1. The lowest BCUT2D eigenvalue weighted by atomic mass is 9.93. The number of carbonyl (C=O) groups is 2. The number of aliphatic hydroxyl groups is 1. The molecule has 0 aromatic heterocycles. The summed E-state index contributed by atoms with van der Waals surface area (Å²) in [5.74, 6) is 0.0914. The van der Waals surface area contributed by atoms with Gasteiger partial charge in [-0.1, -0.05) is 36.8 Å². The Balaban J connectivity index is 0.000000221. The Morgan fingerprint density at radius 3 is 2.44 bits per heavy atom. The molecule has 2 heterocycles.